The summed E-state index contributed by atoms with van der Waals surface area (Å²) in [5.74, 6) is 0.111. The Morgan fingerprint density at radius 2 is 2.10 bits per heavy atom. The van der Waals surface area contributed by atoms with Crippen molar-refractivity contribution in [2.75, 3.05) is 7.05 Å². The van der Waals surface area contributed by atoms with E-state index in [1.807, 2.05) is 32.2 Å². The quantitative estimate of drug-likeness (QED) is 0.868. The summed E-state index contributed by atoms with van der Waals surface area (Å²) >= 11 is 0. The van der Waals surface area contributed by atoms with E-state index in [4.69, 9.17) is 0 Å². The van der Waals surface area contributed by atoms with Crippen LogP contribution in [0.15, 0.2) is 24.4 Å². The van der Waals surface area contributed by atoms with Crippen molar-refractivity contribution in [3.8, 4) is 0 Å². The molecule has 1 aromatic heterocycles. The Kier molecular flexibility index (Phi) is 5.12. The molecule has 1 heterocycles. The van der Waals surface area contributed by atoms with Gasteiger partial charge in [0, 0.05) is 18.2 Å². The van der Waals surface area contributed by atoms with Gasteiger partial charge in [-0.1, -0.05) is 25.3 Å². The maximum Gasteiger partial charge on any atom is 0.222 e. The van der Waals surface area contributed by atoms with Crippen molar-refractivity contribution < 1.29 is 4.79 Å². The molecule has 0 unspecified atom stereocenters. The fourth-order valence-corrected chi connectivity index (χ4v) is 3.05. The first-order valence-electron chi connectivity index (χ1n) is 7.54. The average Bonchev–Trinajstić information content (AvgIpc) is 2.49. The summed E-state index contributed by atoms with van der Waals surface area (Å²) in [7, 11) is 1.97. The number of carbonyl (C=O) groups excluding carboxylic acids is 1. The largest absolute Gasteiger partial charge is 0.348 e. The van der Waals surface area contributed by atoms with E-state index in [0.29, 0.717) is 6.42 Å². The molecule has 4 heteroatoms. The zero-order valence-corrected chi connectivity index (χ0v) is 12.5. The number of carbonyl (C=O) groups is 1. The third-order valence-corrected chi connectivity index (χ3v) is 4.35. The molecule has 4 nitrogen and oxygen atoms in total. The van der Waals surface area contributed by atoms with Crippen LogP contribution >= 0.6 is 0 Å². The Morgan fingerprint density at radius 1 is 1.35 bits per heavy atom. The fourth-order valence-electron chi connectivity index (χ4n) is 3.05. The lowest BCUT2D eigenvalue weighted by Gasteiger charge is -2.37. The second-order valence-electron chi connectivity index (χ2n) is 5.81. The molecule has 0 spiro atoms. The lowest BCUT2D eigenvalue weighted by molar-refractivity contribution is -0.123. The van der Waals surface area contributed by atoms with Crippen molar-refractivity contribution in [2.45, 2.75) is 57.0 Å². The molecular weight excluding hydrogens is 250 g/mol. The van der Waals surface area contributed by atoms with Crippen LogP contribution in [0, 0.1) is 0 Å². The van der Waals surface area contributed by atoms with Crippen LogP contribution in [0.2, 0.25) is 0 Å². The highest BCUT2D eigenvalue weighted by Crippen LogP contribution is 2.30. The molecule has 0 bridgehead atoms. The number of hydrogen-bond donors (Lipinski definition) is 2. The van der Waals surface area contributed by atoms with Crippen molar-refractivity contribution in [3.05, 3.63) is 30.1 Å². The van der Waals surface area contributed by atoms with Crippen LogP contribution in [0.1, 0.15) is 57.2 Å². The Balaban J connectivity index is 1.91. The smallest absolute Gasteiger partial charge is 0.222 e. The minimum absolute atomic E-state index is 0.00777. The molecule has 0 aliphatic heterocycles. The van der Waals surface area contributed by atoms with Gasteiger partial charge in [-0.05, 0) is 38.9 Å². The highest BCUT2D eigenvalue weighted by Gasteiger charge is 2.32. The molecule has 1 amide bonds. The first-order valence-corrected chi connectivity index (χ1v) is 7.54. The van der Waals surface area contributed by atoms with Gasteiger partial charge in [-0.3, -0.25) is 9.78 Å². The van der Waals surface area contributed by atoms with Crippen LogP contribution in [-0.2, 0) is 4.79 Å². The molecule has 1 saturated carbocycles. The summed E-state index contributed by atoms with van der Waals surface area (Å²) in [6, 6.07) is 5.73. The van der Waals surface area contributed by atoms with E-state index in [9.17, 15) is 4.79 Å². The lowest BCUT2D eigenvalue weighted by Crippen LogP contribution is -2.48. The predicted octanol–water partition coefficient (Wildman–Crippen LogP) is 2.57. The van der Waals surface area contributed by atoms with Crippen LogP contribution in [0.3, 0.4) is 0 Å². The number of pyridine rings is 1. The number of rotatable bonds is 5. The van der Waals surface area contributed by atoms with E-state index in [1.54, 1.807) is 6.20 Å². The standard InChI is InChI=1S/C16H25N3O/c1-13(14-8-4-7-11-18-14)19-15(20)12-16(17-2)9-5-3-6-10-16/h4,7-8,11,13,17H,3,5-6,9-10,12H2,1-2H3,(H,19,20)/t13-/m1/s1. The fraction of sp³-hybridized carbons (Fsp3) is 0.625. The van der Waals surface area contributed by atoms with Crippen molar-refractivity contribution in [2.24, 2.45) is 0 Å². The first-order chi connectivity index (χ1) is 9.65. The third-order valence-electron chi connectivity index (χ3n) is 4.35. The molecule has 0 saturated heterocycles. The molecule has 1 aliphatic rings. The van der Waals surface area contributed by atoms with Gasteiger partial charge < -0.3 is 10.6 Å². The highest BCUT2D eigenvalue weighted by molar-refractivity contribution is 5.77. The molecule has 2 rings (SSSR count). The molecule has 1 atom stereocenters. The van der Waals surface area contributed by atoms with Gasteiger partial charge in [0.2, 0.25) is 5.91 Å². The van der Waals surface area contributed by atoms with Gasteiger partial charge in [0.05, 0.1) is 11.7 Å². The number of hydrogen-bond acceptors (Lipinski definition) is 3. The van der Waals surface area contributed by atoms with Gasteiger partial charge in [0.15, 0.2) is 0 Å². The molecule has 2 N–H and O–H groups in total. The molecular formula is C16H25N3O. The molecule has 20 heavy (non-hydrogen) atoms. The second-order valence-corrected chi connectivity index (χ2v) is 5.81. The summed E-state index contributed by atoms with van der Waals surface area (Å²) in [5, 5.41) is 6.45. The topological polar surface area (TPSA) is 54.0 Å². The van der Waals surface area contributed by atoms with E-state index >= 15 is 0 Å². The molecule has 1 aliphatic carbocycles. The maximum absolute atomic E-state index is 12.3. The van der Waals surface area contributed by atoms with Crippen LogP contribution in [0.4, 0.5) is 0 Å². The van der Waals surface area contributed by atoms with Gasteiger partial charge in [0.25, 0.3) is 0 Å². The van der Waals surface area contributed by atoms with E-state index in [-0.39, 0.29) is 17.5 Å². The monoisotopic (exact) mass is 275 g/mol. The van der Waals surface area contributed by atoms with Gasteiger partial charge in [-0.2, -0.15) is 0 Å². The molecule has 1 aromatic rings. The first kappa shape index (κ1) is 15.0. The Bertz CT molecular complexity index is 427. The average molecular weight is 275 g/mol. The molecule has 0 aromatic carbocycles. The predicted molar refractivity (Wildman–Crippen MR) is 80.3 cm³/mol. The van der Waals surface area contributed by atoms with E-state index < -0.39 is 0 Å². The Hall–Kier alpha value is -1.42. The number of nitrogens with zero attached hydrogens (tertiary/aromatic N) is 1. The normalized spacial score (nSPS) is 19.3. The summed E-state index contributed by atoms with van der Waals surface area (Å²) < 4.78 is 0. The number of amides is 1. The summed E-state index contributed by atoms with van der Waals surface area (Å²) in [5.41, 5.74) is 0.898. The van der Waals surface area contributed by atoms with Crippen molar-refractivity contribution in [3.63, 3.8) is 0 Å². The Labute approximate surface area is 121 Å². The van der Waals surface area contributed by atoms with Gasteiger partial charge in [-0.15, -0.1) is 0 Å². The zero-order valence-electron chi connectivity index (χ0n) is 12.5. The lowest BCUT2D eigenvalue weighted by atomic mass is 9.79. The van der Waals surface area contributed by atoms with Crippen molar-refractivity contribution in [1.82, 2.24) is 15.6 Å². The summed E-state index contributed by atoms with van der Waals surface area (Å²) in [6.45, 7) is 1.98. The van der Waals surface area contributed by atoms with E-state index in [1.165, 1.54) is 19.3 Å². The van der Waals surface area contributed by atoms with E-state index in [2.05, 4.69) is 15.6 Å². The zero-order chi connectivity index (χ0) is 14.4. The third kappa shape index (κ3) is 3.79. The molecule has 1 fully saturated rings. The van der Waals surface area contributed by atoms with Crippen LogP contribution in [-0.4, -0.2) is 23.5 Å². The second kappa shape index (κ2) is 6.84. The van der Waals surface area contributed by atoms with Crippen LogP contribution in [0.25, 0.3) is 0 Å². The van der Waals surface area contributed by atoms with Crippen molar-refractivity contribution in [1.29, 1.82) is 0 Å². The SMILES string of the molecule is CNC1(CC(=O)N[C@H](C)c2ccccn2)CCCCC1. The summed E-state index contributed by atoms with van der Waals surface area (Å²) in [6.07, 6.45) is 8.21. The van der Waals surface area contributed by atoms with Gasteiger partial charge in [0.1, 0.15) is 0 Å². The minimum Gasteiger partial charge on any atom is -0.348 e. The molecule has 0 radical (unpaired) electrons. The Morgan fingerprint density at radius 3 is 2.70 bits per heavy atom. The minimum atomic E-state index is -0.0406. The van der Waals surface area contributed by atoms with E-state index in [0.717, 1.165) is 18.5 Å². The van der Waals surface area contributed by atoms with Crippen molar-refractivity contribution >= 4 is 5.91 Å². The van der Waals surface area contributed by atoms with Gasteiger partial charge in [-0.25, -0.2) is 0 Å². The number of aromatic nitrogens is 1. The maximum atomic E-state index is 12.3. The highest BCUT2D eigenvalue weighted by atomic mass is 16.1. The van der Waals surface area contributed by atoms with Crippen LogP contribution < -0.4 is 10.6 Å². The molecule has 110 valence electrons. The number of nitrogens with one attached hydrogen (secondary N) is 2. The van der Waals surface area contributed by atoms with Crippen LogP contribution in [0.5, 0.6) is 0 Å². The van der Waals surface area contributed by atoms with Gasteiger partial charge >= 0.3 is 0 Å². The summed E-state index contributed by atoms with van der Waals surface area (Å²) in [4.78, 5) is 16.6.